The second kappa shape index (κ2) is 8.66. The largest absolute Gasteiger partial charge is 0.348 e. The molecule has 7 heteroatoms. The van der Waals surface area contributed by atoms with Crippen molar-refractivity contribution in [1.82, 2.24) is 5.32 Å². The van der Waals surface area contributed by atoms with Crippen LogP contribution in [0.2, 0.25) is 0 Å². The van der Waals surface area contributed by atoms with Gasteiger partial charge in [-0.3, -0.25) is 9.10 Å². The molecule has 0 aliphatic rings. The molecule has 2 aromatic rings. The number of anilines is 1. The molecule has 0 heterocycles. The third kappa shape index (κ3) is 5.35. The van der Waals surface area contributed by atoms with E-state index in [0.29, 0.717) is 5.69 Å². The van der Waals surface area contributed by atoms with Crippen molar-refractivity contribution in [3.63, 3.8) is 0 Å². The molecule has 0 aliphatic heterocycles. The molecule has 0 spiro atoms. The van der Waals surface area contributed by atoms with E-state index in [-0.39, 0.29) is 18.5 Å². The van der Waals surface area contributed by atoms with Gasteiger partial charge in [0.15, 0.2) is 0 Å². The number of carbonyl (C=O) groups excluding carboxylic acids is 1. The van der Waals surface area contributed by atoms with Crippen LogP contribution < -0.4 is 9.62 Å². The molecular formula is C21H27BrN2O3S. The number of rotatable bonds is 6. The zero-order chi connectivity index (χ0) is 21.2. The Morgan fingerprint density at radius 1 is 1.04 bits per heavy atom. The maximum atomic E-state index is 12.6. The molecule has 1 atom stereocenters. The van der Waals surface area contributed by atoms with E-state index in [1.807, 2.05) is 27.7 Å². The standard InChI is InChI=1S/C21H27BrN2O3S/c1-13-9-15(3)19(11-14(13)2)17(5)23-21(25)12-24(28(6,26)27)18-7-8-20(22)16(4)10-18/h7-11,17H,12H2,1-6H3,(H,23,25)/t17-/m1/s1. The first-order chi connectivity index (χ1) is 12.9. The van der Waals surface area contributed by atoms with Crippen molar-refractivity contribution in [2.24, 2.45) is 0 Å². The minimum Gasteiger partial charge on any atom is -0.348 e. The molecule has 1 amide bonds. The fourth-order valence-corrected chi connectivity index (χ4v) is 4.22. The van der Waals surface area contributed by atoms with Gasteiger partial charge in [-0.05, 0) is 80.6 Å². The van der Waals surface area contributed by atoms with Gasteiger partial charge in [0.2, 0.25) is 15.9 Å². The van der Waals surface area contributed by atoms with Gasteiger partial charge in [0.05, 0.1) is 18.0 Å². The van der Waals surface area contributed by atoms with Crippen LogP contribution in [0.15, 0.2) is 34.8 Å². The molecule has 1 N–H and O–H groups in total. The first-order valence-electron chi connectivity index (χ1n) is 9.01. The predicted molar refractivity (Wildman–Crippen MR) is 118 cm³/mol. The summed E-state index contributed by atoms with van der Waals surface area (Å²) in [6, 6.07) is 9.15. The second-order valence-corrected chi connectivity index (χ2v) is 10.0. The van der Waals surface area contributed by atoms with Crippen molar-refractivity contribution < 1.29 is 13.2 Å². The van der Waals surface area contributed by atoms with E-state index in [1.165, 1.54) is 5.56 Å². The number of aryl methyl sites for hydroxylation is 4. The molecule has 5 nitrogen and oxygen atoms in total. The summed E-state index contributed by atoms with van der Waals surface area (Å²) in [6.07, 6.45) is 1.11. The summed E-state index contributed by atoms with van der Waals surface area (Å²) in [5.74, 6) is -0.351. The van der Waals surface area contributed by atoms with Crippen molar-refractivity contribution in [2.45, 2.75) is 40.7 Å². The molecule has 2 rings (SSSR count). The molecule has 0 aliphatic carbocycles. The summed E-state index contributed by atoms with van der Waals surface area (Å²) in [4.78, 5) is 12.6. The average molecular weight is 467 g/mol. The van der Waals surface area contributed by atoms with E-state index in [2.05, 4.69) is 40.3 Å². The number of hydrogen-bond donors (Lipinski definition) is 1. The van der Waals surface area contributed by atoms with Gasteiger partial charge in [0, 0.05) is 4.47 Å². The number of sulfonamides is 1. The van der Waals surface area contributed by atoms with E-state index in [0.717, 1.165) is 37.3 Å². The molecule has 0 fully saturated rings. The van der Waals surface area contributed by atoms with Gasteiger partial charge in [-0.2, -0.15) is 0 Å². The number of benzene rings is 2. The third-order valence-corrected chi connectivity index (χ3v) is 6.87. The summed E-state index contributed by atoms with van der Waals surface area (Å²) in [5.41, 5.74) is 5.85. The van der Waals surface area contributed by atoms with Crippen LogP contribution in [0, 0.1) is 27.7 Å². The van der Waals surface area contributed by atoms with Gasteiger partial charge < -0.3 is 5.32 Å². The minimum absolute atomic E-state index is 0.222. The van der Waals surface area contributed by atoms with Gasteiger partial charge in [-0.1, -0.05) is 28.1 Å². The van der Waals surface area contributed by atoms with Crippen LogP contribution in [0.5, 0.6) is 0 Å². The fraction of sp³-hybridized carbons (Fsp3) is 0.381. The van der Waals surface area contributed by atoms with Crippen molar-refractivity contribution in [2.75, 3.05) is 17.1 Å². The lowest BCUT2D eigenvalue weighted by Gasteiger charge is -2.24. The van der Waals surface area contributed by atoms with Crippen LogP contribution in [0.25, 0.3) is 0 Å². The van der Waals surface area contributed by atoms with E-state index >= 15 is 0 Å². The quantitative estimate of drug-likeness (QED) is 0.688. The molecule has 0 saturated heterocycles. The van der Waals surface area contributed by atoms with Crippen molar-refractivity contribution >= 4 is 37.5 Å². The zero-order valence-corrected chi connectivity index (χ0v) is 19.5. The predicted octanol–water partition coefficient (Wildman–Crippen LogP) is 4.33. The van der Waals surface area contributed by atoms with Crippen molar-refractivity contribution in [3.05, 3.63) is 62.6 Å². The normalized spacial score (nSPS) is 12.5. The Morgan fingerprint density at radius 3 is 2.21 bits per heavy atom. The van der Waals surface area contributed by atoms with Crippen LogP contribution >= 0.6 is 15.9 Å². The first-order valence-corrected chi connectivity index (χ1v) is 11.6. The zero-order valence-electron chi connectivity index (χ0n) is 17.1. The van der Waals surface area contributed by atoms with Gasteiger partial charge in [0.1, 0.15) is 6.54 Å². The molecule has 0 radical (unpaired) electrons. The van der Waals surface area contributed by atoms with Crippen LogP contribution in [0.3, 0.4) is 0 Å². The fourth-order valence-electron chi connectivity index (χ4n) is 3.13. The number of amides is 1. The van der Waals surface area contributed by atoms with Gasteiger partial charge >= 0.3 is 0 Å². The number of halogens is 1. The lowest BCUT2D eigenvalue weighted by molar-refractivity contribution is -0.120. The summed E-state index contributed by atoms with van der Waals surface area (Å²) in [5, 5.41) is 2.93. The summed E-state index contributed by atoms with van der Waals surface area (Å²) < 4.78 is 26.6. The maximum Gasteiger partial charge on any atom is 0.241 e. The van der Waals surface area contributed by atoms with Crippen LogP contribution in [0.4, 0.5) is 5.69 Å². The molecule has 0 aromatic heterocycles. The van der Waals surface area contributed by atoms with E-state index < -0.39 is 10.0 Å². The molecule has 152 valence electrons. The Labute approximate surface area is 176 Å². The van der Waals surface area contributed by atoms with Gasteiger partial charge in [-0.25, -0.2) is 8.42 Å². The Kier molecular flexibility index (Phi) is 6.93. The Morgan fingerprint density at radius 2 is 1.64 bits per heavy atom. The van der Waals surface area contributed by atoms with Crippen molar-refractivity contribution in [3.8, 4) is 0 Å². The Bertz CT molecular complexity index is 1000. The monoisotopic (exact) mass is 466 g/mol. The molecule has 0 unspecified atom stereocenters. The number of carbonyl (C=O) groups is 1. The van der Waals surface area contributed by atoms with Crippen LogP contribution in [-0.4, -0.2) is 27.1 Å². The number of hydrogen-bond acceptors (Lipinski definition) is 3. The Hall–Kier alpha value is -1.86. The summed E-state index contributed by atoms with van der Waals surface area (Å²) >= 11 is 3.41. The highest BCUT2D eigenvalue weighted by atomic mass is 79.9. The van der Waals surface area contributed by atoms with Crippen molar-refractivity contribution in [1.29, 1.82) is 0 Å². The second-order valence-electron chi connectivity index (χ2n) is 7.29. The SMILES string of the molecule is Cc1cc(C)c([C@@H](C)NC(=O)CN(c2ccc(Br)c(C)c2)S(C)(=O)=O)cc1C. The molecule has 0 saturated carbocycles. The summed E-state index contributed by atoms with van der Waals surface area (Å²) in [6.45, 7) is 9.61. The lowest BCUT2D eigenvalue weighted by atomic mass is 9.96. The van der Waals surface area contributed by atoms with Gasteiger partial charge in [0.25, 0.3) is 0 Å². The molecule has 0 bridgehead atoms. The molecule has 28 heavy (non-hydrogen) atoms. The molecule has 2 aromatic carbocycles. The van der Waals surface area contributed by atoms with E-state index in [1.54, 1.807) is 18.2 Å². The topological polar surface area (TPSA) is 66.5 Å². The highest BCUT2D eigenvalue weighted by Gasteiger charge is 2.22. The first kappa shape index (κ1) is 22.4. The minimum atomic E-state index is -3.61. The highest BCUT2D eigenvalue weighted by Crippen LogP contribution is 2.25. The molecular weight excluding hydrogens is 440 g/mol. The Balaban J connectivity index is 2.22. The summed E-state index contributed by atoms with van der Waals surface area (Å²) in [7, 11) is -3.61. The van der Waals surface area contributed by atoms with Crippen LogP contribution in [-0.2, 0) is 14.8 Å². The van der Waals surface area contributed by atoms with Crippen LogP contribution in [0.1, 0.15) is 40.8 Å². The maximum absolute atomic E-state index is 12.6. The number of nitrogens with zero attached hydrogens (tertiary/aromatic N) is 1. The average Bonchev–Trinajstić information content (AvgIpc) is 2.57. The number of nitrogens with one attached hydrogen (secondary N) is 1. The third-order valence-electron chi connectivity index (χ3n) is 4.84. The lowest BCUT2D eigenvalue weighted by Crippen LogP contribution is -2.41. The van der Waals surface area contributed by atoms with E-state index in [9.17, 15) is 13.2 Å². The van der Waals surface area contributed by atoms with E-state index in [4.69, 9.17) is 0 Å². The highest BCUT2D eigenvalue weighted by molar-refractivity contribution is 9.10. The smallest absolute Gasteiger partial charge is 0.241 e. The van der Waals surface area contributed by atoms with Gasteiger partial charge in [-0.15, -0.1) is 0 Å².